The lowest BCUT2D eigenvalue weighted by Gasteiger charge is -2.36. The van der Waals surface area contributed by atoms with E-state index in [1.165, 1.54) is 4.90 Å². The van der Waals surface area contributed by atoms with Gasteiger partial charge in [-0.25, -0.2) is 0 Å². The number of carbonyl (C=O) groups is 2. The maximum atomic E-state index is 12.7. The Kier molecular flexibility index (Phi) is 6.48. The summed E-state index contributed by atoms with van der Waals surface area (Å²) in [5.74, 6) is -0.0190. The molecule has 2 saturated heterocycles. The molecule has 0 saturated carbocycles. The van der Waals surface area contributed by atoms with Crippen LogP contribution in [0.15, 0.2) is 36.0 Å². The second kappa shape index (κ2) is 9.03. The number of carbonyl (C=O) groups excluding carboxylic acids is 2. The smallest absolute Gasteiger partial charge is 0.267 e. The average Bonchev–Trinajstić information content (AvgIpc) is 2.71. The molecule has 1 aromatic carbocycles. The normalized spacial score (nSPS) is 19.3. The molecule has 8 nitrogen and oxygen atoms in total. The number of nitrogens with one attached hydrogen (secondary N) is 1. The molecule has 3 rings (SSSR count). The summed E-state index contributed by atoms with van der Waals surface area (Å²) in [6, 6.07) is 7.93. The number of piperazine rings is 1. The molecule has 1 aromatic rings. The number of benzene rings is 1. The van der Waals surface area contributed by atoms with Gasteiger partial charge >= 0.3 is 0 Å². The van der Waals surface area contributed by atoms with Gasteiger partial charge in [0.2, 0.25) is 0 Å². The van der Waals surface area contributed by atoms with Crippen molar-refractivity contribution in [2.45, 2.75) is 0 Å². The summed E-state index contributed by atoms with van der Waals surface area (Å²) in [5.41, 5.74) is 1.22. The number of thiocarbonyl (C=S) groups is 1. The Bertz CT molecular complexity index is 773. The fraction of sp³-hybridized carbons (Fsp3) is 0.421. The second-order valence-corrected chi connectivity index (χ2v) is 6.86. The van der Waals surface area contributed by atoms with Gasteiger partial charge < -0.3 is 19.3 Å². The van der Waals surface area contributed by atoms with Crippen molar-refractivity contribution in [2.75, 3.05) is 58.5 Å². The zero-order valence-electron chi connectivity index (χ0n) is 16.0. The van der Waals surface area contributed by atoms with Crippen LogP contribution < -0.4 is 15.0 Å². The third-order valence-corrected chi connectivity index (χ3v) is 5.09. The summed E-state index contributed by atoms with van der Waals surface area (Å²) < 4.78 is 10.2. The summed E-state index contributed by atoms with van der Waals surface area (Å²) in [6.45, 7) is 3.64. The SMILES string of the molecule is COCCN1C(=O)C(=CN2CCN(c3ccc(OC)cc3)CC2)C(=O)NC1=S. The largest absolute Gasteiger partial charge is 0.497 e. The minimum absolute atomic E-state index is 0.0996. The average molecular weight is 404 g/mol. The zero-order chi connectivity index (χ0) is 20.1. The van der Waals surface area contributed by atoms with E-state index >= 15 is 0 Å². The number of nitrogens with zero attached hydrogens (tertiary/aromatic N) is 3. The van der Waals surface area contributed by atoms with Crippen LogP contribution in [0.2, 0.25) is 0 Å². The highest BCUT2D eigenvalue weighted by molar-refractivity contribution is 7.80. The van der Waals surface area contributed by atoms with Crippen molar-refractivity contribution in [1.29, 1.82) is 0 Å². The number of anilines is 1. The first kappa shape index (κ1) is 20.1. The zero-order valence-corrected chi connectivity index (χ0v) is 16.8. The molecule has 2 aliphatic heterocycles. The number of ether oxygens (including phenoxy) is 2. The molecule has 0 atom stereocenters. The van der Waals surface area contributed by atoms with Crippen molar-refractivity contribution in [3.8, 4) is 5.75 Å². The first-order chi connectivity index (χ1) is 13.5. The second-order valence-electron chi connectivity index (χ2n) is 6.47. The predicted octanol–water partition coefficient (Wildman–Crippen LogP) is 0.591. The molecule has 9 heteroatoms. The molecule has 150 valence electrons. The number of rotatable bonds is 6. The monoisotopic (exact) mass is 404 g/mol. The van der Waals surface area contributed by atoms with Gasteiger partial charge in [-0.2, -0.15) is 0 Å². The molecule has 0 aromatic heterocycles. The Morgan fingerprint density at radius 2 is 1.79 bits per heavy atom. The van der Waals surface area contributed by atoms with E-state index in [1.807, 2.05) is 29.2 Å². The van der Waals surface area contributed by atoms with E-state index in [-0.39, 0.29) is 16.6 Å². The van der Waals surface area contributed by atoms with Crippen molar-refractivity contribution < 1.29 is 19.1 Å². The Morgan fingerprint density at radius 3 is 2.39 bits per heavy atom. The molecule has 0 aliphatic carbocycles. The van der Waals surface area contributed by atoms with Crippen molar-refractivity contribution in [3.05, 3.63) is 36.0 Å². The van der Waals surface area contributed by atoms with Crippen molar-refractivity contribution in [1.82, 2.24) is 15.1 Å². The molecule has 2 amide bonds. The van der Waals surface area contributed by atoms with Gasteiger partial charge in [-0.3, -0.25) is 19.8 Å². The summed E-state index contributed by atoms with van der Waals surface area (Å²) in [5, 5.41) is 2.70. The maximum absolute atomic E-state index is 12.7. The van der Waals surface area contributed by atoms with E-state index in [2.05, 4.69) is 10.2 Å². The molecule has 28 heavy (non-hydrogen) atoms. The quantitative estimate of drug-likeness (QED) is 0.423. The van der Waals surface area contributed by atoms with Crippen LogP contribution in [0, 0.1) is 0 Å². The Labute approximate surface area is 169 Å². The third-order valence-electron chi connectivity index (χ3n) is 4.77. The molecule has 0 bridgehead atoms. The summed E-state index contributed by atoms with van der Waals surface area (Å²) in [4.78, 5) is 30.6. The van der Waals surface area contributed by atoms with Crippen LogP contribution in [-0.4, -0.2) is 80.3 Å². The highest BCUT2D eigenvalue weighted by atomic mass is 32.1. The predicted molar refractivity (Wildman–Crippen MR) is 109 cm³/mol. The van der Waals surface area contributed by atoms with Crippen molar-refractivity contribution in [2.24, 2.45) is 0 Å². The van der Waals surface area contributed by atoms with Gasteiger partial charge in [-0.1, -0.05) is 0 Å². The van der Waals surface area contributed by atoms with Gasteiger partial charge in [0.25, 0.3) is 11.8 Å². The van der Waals surface area contributed by atoms with Crippen LogP contribution in [0.5, 0.6) is 5.75 Å². The molecule has 2 fully saturated rings. The summed E-state index contributed by atoms with van der Waals surface area (Å²) >= 11 is 5.10. The molecular formula is C19H24N4O4S. The fourth-order valence-corrected chi connectivity index (χ4v) is 3.42. The Hall–Kier alpha value is -2.65. The molecule has 1 N–H and O–H groups in total. The van der Waals surface area contributed by atoms with E-state index in [1.54, 1.807) is 20.4 Å². The first-order valence-corrected chi connectivity index (χ1v) is 9.45. The van der Waals surface area contributed by atoms with Crippen LogP contribution >= 0.6 is 12.2 Å². The lowest BCUT2D eigenvalue weighted by Crippen LogP contribution is -2.55. The van der Waals surface area contributed by atoms with Crippen molar-refractivity contribution in [3.63, 3.8) is 0 Å². The minimum Gasteiger partial charge on any atom is -0.497 e. The minimum atomic E-state index is -0.457. The van der Waals surface area contributed by atoms with Gasteiger partial charge in [-0.15, -0.1) is 0 Å². The fourth-order valence-electron chi connectivity index (χ4n) is 3.15. The first-order valence-electron chi connectivity index (χ1n) is 9.04. The molecule has 2 heterocycles. The number of hydrogen-bond acceptors (Lipinski definition) is 7. The van der Waals surface area contributed by atoms with Gasteiger partial charge in [0.05, 0.1) is 20.3 Å². The van der Waals surface area contributed by atoms with E-state index in [4.69, 9.17) is 21.7 Å². The number of hydrogen-bond donors (Lipinski definition) is 1. The maximum Gasteiger partial charge on any atom is 0.267 e. The van der Waals surface area contributed by atoms with Gasteiger partial charge in [0, 0.05) is 45.2 Å². The molecule has 2 aliphatic rings. The van der Waals surface area contributed by atoms with E-state index in [0.717, 1.165) is 24.5 Å². The van der Waals surface area contributed by atoms with Crippen LogP contribution in [0.3, 0.4) is 0 Å². The third kappa shape index (κ3) is 4.42. The van der Waals surface area contributed by atoms with Crippen LogP contribution in [-0.2, 0) is 14.3 Å². The van der Waals surface area contributed by atoms with Gasteiger partial charge in [0.15, 0.2) is 5.11 Å². The van der Waals surface area contributed by atoms with E-state index in [9.17, 15) is 9.59 Å². The number of methoxy groups -OCH3 is 2. The van der Waals surface area contributed by atoms with E-state index < -0.39 is 5.91 Å². The van der Waals surface area contributed by atoms with Crippen LogP contribution in [0.1, 0.15) is 0 Å². The van der Waals surface area contributed by atoms with E-state index in [0.29, 0.717) is 26.2 Å². The highest BCUT2D eigenvalue weighted by Crippen LogP contribution is 2.21. The van der Waals surface area contributed by atoms with Crippen LogP contribution in [0.4, 0.5) is 5.69 Å². The molecule has 0 radical (unpaired) electrons. The molecule has 0 unspecified atom stereocenters. The Morgan fingerprint density at radius 1 is 1.11 bits per heavy atom. The number of amides is 2. The highest BCUT2D eigenvalue weighted by Gasteiger charge is 2.34. The summed E-state index contributed by atoms with van der Waals surface area (Å²) in [6.07, 6.45) is 1.64. The lowest BCUT2D eigenvalue weighted by atomic mass is 10.1. The van der Waals surface area contributed by atoms with Crippen molar-refractivity contribution >= 4 is 34.8 Å². The lowest BCUT2D eigenvalue weighted by molar-refractivity contribution is -0.129. The molecule has 0 spiro atoms. The summed E-state index contributed by atoms with van der Waals surface area (Å²) in [7, 11) is 3.20. The van der Waals surface area contributed by atoms with Crippen LogP contribution in [0.25, 0.3) is 0 Å². The Balaban J connectivity index is 1.64. The molecular weight excluding hydrogens is 380 g/mol. The van der Waals surface area contributed by atoms with Gasteiger partial charge in [0.1, 0.15) is 11.3 Å². The standard InChI is InChI=1S/C19H24N4O4S/c1-26-12-11-23-18(25)16(17(24)20-19(23)28)13-21-7-9-22(10-8-21)14-3-5-15(27-2)6-4-14/h3-6,13H,7-12H2,1-2H3,(H,20,24,28). The topological polar surface area (TPSA) is 74.3 Å². The van der Waals surface area contributed by atoms with Gasteiger partial charge in [-0.05, 0) is 36.5 Å².